The number of carbonyl (C=O) groups is 2. The van der Waals surface area contributed by atoms with E-state index in [1.807, 2.05) is 0 Å². The molecule has 8 nitrogen and oxygen atoms in total. The first-order chi connectivity index (χ1) is 15.7. The molecule has 0 bridgehead atoms. The van der Waals surface area contributed by atoms with Crippen molar-refractivity contribution in [3.63, 3.8) is 0 Å². The molecule has 0 unspecified atom stereocenters. The standard InChI is InChI=1S/C22H23F3N6O2/c1-30-12-11-17(28-30)21(33)27-15-9-7-14(8-10-15)26-19(32)13-31-18-6-4-2-3-5-16(18)20(29-31)22(23,24)25/h7-12H,2-6,13H2,1H3,(H,26,32)(H,27,33). The third-order valence-electron chi connectivity index (χ3n) is 5.44. The first-order valence-electron chi connectivity index (χ1n) is 10.6. The summed E-state index contributed by atoms with van der Waals surface area (Å²) in [7, 11) is 1.71. The van der Waals surface area contributed by atoms with Crippen LogP contribution < -0.4 is 10.6 Å². The number of hydrogen-bond donors (Lipinski definition) is 2. The van der Waals surface area contributed by atoms with Crippen molar-refractivity contribution < 1.29 is 22.8 Å². The maximum atomic E-state index is 13.4. The molecule has 2 N–H and O–H groups in total. The normalized spacial score (nSPS) is 13.8. The van der Waals surface area contributed by atoms with Gasteiger partial charge in [-0.3, -0.25) is 19.0 Å². The average molecular weight is 460 g/mol. The van der Waals surface area contributed by atoms with E-state index in [9.17, 15) is 22.8 Å². The van der Waals surface area contributed by atoms with Gasteiger partial charge >= 0.3 is 6.18 Å². The quantitative estimate of drug-likeness (QED) is 0.567. The second kappa shape index (κ2) is 9.08. The van der Waals surface area contributed by atoms with Gasteiger partial charge in [-0.1, -0.05) is 6.42 Å². The number of nitrogens with zero attached hydrogens (tertiary/aromatic N) is 4. The molecule has 33 heavy (non-hydrogen) atoms. The fraction of sp³-hybridized carbons (Fsp3) is 0.364. The number of halogens is 3. The summed E-state index contributed by atoms with van der Waals surface area (Å²) in [6, 6.07) is 7.99. The SMILES string of the molecule is Cn1ccc(C(=O)Nc2ccc(NC(=O)Cn3nc(C(F)(F)F)c4c3CCCCC4)cc2)n1. The molecule has 1 aliphatic carbocycles. The van der Waals surface area contributed by atoms with Gasteiger partial charge in [-0.2, -0.15) is 23.4 Å². The number of benzene rings is 1. The molecule has 11 heteroatoms. The zero-order valence-electron chi connectivity index (χ0n) is 17.9. The van der Waals surface area contributed by atoms with Crippen LogP contribution in [0.4, 0.5) is 24.5 Å². The Balaban J connectivity index is 1.42. The first-order valence-corrected chi connectivity index (χ1v) is 10.6. The van der Waals surface area contributed by atoms with Gasteiger partial charge in [0.2, 0.25) is 5.91 Å². The molecule has 1 aromatic carbocycles. The van der Waals surface area contributed by atoms with Crippen molar-refractivity contribution >= 4 is 23.2 Å². The second-order valence-electron chi connectivity index (χ2n) is 7.94. The van der Waals surface area contributed by atoms with Crippen molar-refractivity contribution in [3.8, 4) is 0 Å². The Labute approximate surface area is 187 Å². The van der Waals surface area contributed by atoms with Crippen molar-refractivity contribution in [2.75, 3.05) is 10.6 Å². The highest BCUT2D eigenvalue weighted by molar-refractivity contribution is 6.03. The maximum Gasteiger partial charge on any atom is 0.435 e. The number of anilines is 2. The molecule has 1 aliphatic rings. The van der Waals surface area contributed by atoms with Crippen LogP contribution in [0.3, 0.4) is 0 Å². The monoisotopic (exact) mass is 460 g/mol. The molecule has 0 fully saturated rings. The summed E-state index contributed by atoms with van der Waals surface area (Å²) in [6.07, 6.45) is 0.186. The van der Waals surface area contributed by atoms with E-state index in [0.717, 1.165) is 12.8 Å². The lowest BCUT2D eigenvalue weighted by Gasteiger charge is -2.10. The molecule has 0 radical (unpaired) electrons. The molecule has 0 spiro atoms. The van der Waals surface area contributed by atoms with Crippen LogP contribution in [0.1, 0.15) is 46.7 Å². The van der Waals surface area contributed by atoms with Crippen molar-refractivity contribution in [2.24, 2.45) is 7.05 Å². The molecule has 4 rings (SSSR count). The van der Waals surface area contributed by atoms with Crippen molar-refractivity contribution in [1.29, 1.82) is 0 Å². The minimum atomic E-state index is -4.55. The highest BCUT2D eigenvalue weighted by Gasteiger charge is 2.39. The summed E-state index contributed by atoms with van der Waals surface area (Å²) in [5, 5.41) is 13.1. The molecule has 0 saturated heterocycles. The maximum absolute atomic E-state index is 13.4. The number of rotatable bonds is 5. The van der Waals surface area contributed by atoms with E-state index in [1.54, 1.807) is 43.6 Å². The number of carbonyl (C=O) groups excluding carboxylic acids is 2. The van der Waals surface area contributed by atoms with E-state index in [4.69, 9.17) is 0 Å². The molecule has 0 saturated carbocycles. The summed E-state index contributed by atoms with van der Waals surface area (Å²) >= 11 is 0. The van der Waals surface area contributed by atoms with Gasteiger partial charge in [-0.05, 0) is 56.0 Å². The van der Waals surface area contributed by atoms with Gasteiger partial charge in [0, 0.05) is 35.9 Å². The minimum Gasteiger partial charge on any atom is -0.324 e. The number of fused-ring (bicyclic) bond motifs is 1. The first kappa shape index (κ1) is 22.6. The van der Waals surface area contributed by atoms with Gasteiger partial charge in [0.15, 0.2) is 11.4 Å². The van der Waals surface area contributed by atoms with Crippen LogP contribution in [-0.4, -0.2) is 31.4 Å². The Morgan fingerprint density at radius 2 is 1.64 bits per heavy atom. The Kier molecular flexibility index (Phi) is 6.21. The van der Waals surface area contributed by atoms with Crippen LogP contribution in [-0.2, 0) is 37.4 Å². The Bertz CT molecular complexity index is 1160. The van der Waals surface area contributed by atoms with Crippen LogP contribution in [0.5, 0.6) is 0 Å². The lowest BCUT2D eigenvalue weighted by Crippen LogP contribution is -2.21. The fourth-order valence-electron chi connectivity index (χ4n) is 3.91. The molecule has 0 atom stereocenters. The molecule has 3 aromatic rings. The van der Waals surface area contributed by atoms with Gasteiger partial charge < -0.3 is 10.6 Å². The molecule has 2 aromatic heterocycles. The largest absolute Gasteiger partial charge is 0.435 e. The van der Waals surface area contributed by atoms with Crippen LogP contribution in [0, 0.1) is 0 Å². The highest BCUT2D eigenvalue weighted by atomic mass is 19.4. The molecule has 174 valence electrons. The number of hydrogen-bond acceptors (Lipinski definition) is 4. The molecular weight excluding hydrogens is 437 g/mol. The third kappa shape index (κ3) is 5.24. The molecule has 0 aliphatic heterocycles. The molecular formula is C22H23F3N6O2. The predicted octanol–water partition coefficient (Wildman–Crippen LogP) is 3.80. The number of aryl methyl sites for hydroxylation is 1. The van der Waals surface area contributed by atoms with Crippen LogP contribution >= 0.6 is 0 Å². The molecule has 2 heterocycles. The van der Waals surface area contributed by atoms with Crippen LogP contribution in [0.25, 0.3) is 0 Å². The van der Waals surface area contributed by atoms with Crippen molar-refractivity contribution in [2.45, 2.75) is 44.8 Å². The number of alkyl halides is 3. The number of amides is 2. The number of aromatic nitrogens is 4. The summed E-state index contributed by atoms with van der Waals surface area (Å²) in [5.41, 5.74) is 1.04. The van der Waals surface area contributed by atoms with Crippen molar-refractivity contribution in [1.82, 2.24) is 19.6 Å². The van der Waals surface area contributed by atoms with Gasteiger partial charge in [0.05, 0.1) is 0 Å². The van der Waals surface area contributed by atoms with Gasteiger partial charge in [0.25, 0.3) is 5.91 Å². The van der Waals surface area contributed by atoms with E-state index in [-0.39, 0.29) is 23.7 Å². The van der Waals surface area contributed by atoms with Gasteiger partial charge in [-0.15, -0.1) is 0 Å². The summed E-state index contributed by atoms with van der Waals surface area (Å²) in [6.45, 7) is -0.309. The Morgan fingerprint density at radius 1 is 0.970 bits per heavy atom. The summed E-state index contributed by atoms with van der Waals surface area (Å²) in [5.74, 6) is -0.851. The van der Waals surface area contributed by atoms with E-state index in [1.165, 1.54) is 9.36 Å². The summed E-state index contributed by atoms with van der Waals surface area (Å²) in [4.78, 5) is 24.7. The smallest absolute Gasteiger partial charge is 0.324 e. The Hall–Kier alpha value is -3.63. The summed E-state index contributed by atoms with van der Waals surface area (Å²) < 4.78 is 43.0. The third-order valence-corrected chi connectivity index (χ3v) is 5.44. The second-order valence-corrected chi connectivity index (χ2v) is 7.94. The zero-order chi connectivity index (χ0) is 23.6. The zero-order valence-corrected chi connectivity index (χ0v) is 17.9. The predicted molar refractivity (Wildman–Crippen MR) is 115 cm³/mol. The van der Waals surface area contributed by atoms with Gasteiger partial charge in [0.1, 0.15) is 6.54 Å². The van der Waals surface area contributed by atoms with E-state index in [2.05, 4.69) is 20.8 Å². The lowest BCUT2D eigenvalue weighted by molar-refractivity contribution is -0.142. The molecule has 2 amide bonds. The van der Waals surface area contributed by atoms with E-state index in [0.29, 0.717) is 36.3 Å². The lowest BCUT2D eigenvalue weighted by atomic mass is 10.1. The van der Waals surface area contributed by atoms with Crippen LogP contribution in [0.15, 0.2) is 36.5 Å². The Morgan fingerprint density at radius 3 is 2.27 bits per heavy atom. The highest BCUT2D eigenvalue weighted by Crippen LogP contribution is 2.35. The van der Waals surface area contributed by atoms with E-state index >= 15 is 0 Å². The average Bonchev–Trinajstić information content (AvgIpc) is 3.24. The van der Waals surface area contributed by atoms with Crippen molar-refractivity contribution in [3.05, 3.63) is 59.2 Å². The fourth-order valence-corrected chi connectivity index (χ4v) is 3.91. The van der Waals surface area contributed by atoms with E-state index < -0.39 is 17.8 Å². The minimum absolute atomic E-state index is 0.209. The topological polar surface area (TPSA) is 93.8 Å². The van der Waals surface area contributed by atoms with Gasteiger partial charge in [-0.25, -0.2) is 0 Å². The number of nitrogens with one attached hydrogen (secondary N) is 2. The van der Waals surface area contributed by atoms with Crippen LogP contribution in [0.2, 0.25) is 0 Å².